The summed E-state index contributed by atoms with van der Waals surface area (Å²) in [4.78, 5) is 25.6. The highest BCUT2D eigenvalue weighted by Crippen LogP contribution is 2.32. The lowest BCUT2D eigenvalue weighted by molar-refractivity contribution is -0.314. The van der Waals surface area contributed by atoms with Crippen molar-refractivity contribution in [1.82, 2.24) is 9.21 Å². The van der Waals surface area contributed by atoms with E-state index in [1.165, 1.54) is 15.6 Å². The number of rotatable bonds is 4. The molecule has 1 saturated carbocycles. The van der Waals surface area contributed by atoms with E-state index in [9.17, 15) is 23.1 Å². The summed E-state index contributed by atoms with van der Waals surface area (Å²) < 4.78 is 26.7. The fourth-order valence-electron chi connectivity index (χ4n) is 3.63. The third-order valence-electron chi connectivity index (χ3n) is 5.03. The van der Waals surface area contributed by atoms with E-state index in [0.717, 1.165) is 12.8 Å². The number of carbonyl (C=O) groups is 2. The van der Waals surface area contributed by atoms with Crippen molar-refractivity contribution in [2.45, 2.75) is 29.9 Å². The molecule has 3 rings (SSSR count). The molecule has 2 fully saturated rings. The van der Waals surface area contributed by atoms with Gasteiger partial charge in [0.1, 0.15) is 4.21 Å². The first-order chi connectivity index (χ1) is 11.9. The standard InChI is InChI=1S/C16H22N2O5S2/c19-15(12-4-1-2-5-13(12)16(20)21)17-7-9-18(10-8-17)25(22,23)14-6-3-11-24-14/h3,6,11-13H,1-2,4-5,7-10H2,(H,20,21)/p-1/t12-,13-/m1/s1. The van der Waals surface area contributed by atoms with Crippen LogP contribution in [0.15, 0.2) is 21.7 Å². The van der Waals surface area contributed by atoms with E-state index < -0.39 is 27.8 Å². The molecule has 138 valence electrons. The summed E-state index contributed by atoms with van der Waals surface area (Å²) in [6, 6.07) is 3.27. The highest BCUT2D eigenvalue weighted by atomic mass is 32.2. The molecule has 1 amide bonds. The van der Waals surface area contributed by atoms with Crippen molar-refractivity contribution in [3.8, 4) is 0 Å². The molecular weight excluding hydrogens is 364 g/mol. The molecule has 9 heteroatoms. The van der Waals surface area contributed by atoms with Crippen molar-refractivity contribution in [3.63, 3.8) is 0 Å². The molecule has 0 spiro atoms. The first-order valence-corrected chi connectivity index (χ1v) is 10.8. The van der Waals surface area contributed by atoms with E-state index in [-0.39, 0.29) is 19.0 Å². The predicted molar refractivity (Wildman–Crippen MR) is 90.1 cm³/mol. The largest absolute Gasteiger partial charge is 0.550 e. The first-order valence-electron chi connectivity index (χ1n) is 8.44. The number of hydrogen-bond acceptors (Lipinski definition) is 6. The number of piperazine rings is 1. The fraction of sp³-hybridized carbons (Fsp3) is 0.625. The molecule has 1 aromatic heterocycles. The number of carboxylic acid groups (broad SMARTS) is 1. The van der Waals surface area contributed by atoms with Crippen LogP contribution in [0.3, 0.4) is 0 Å². The van der Waals surface area contributed by atoms with Crippen LogP contribution in [0.1, 0.15) is 25.7 Å². The normalized spacial score (nSPS) is 25.7. The lowest BCUT2D eigenvalue weighted by atomic mass is 9.78. The maximum Gasteiger partial charge on any atom is 0.252 e. The van der Waals surface area contributed by atoms with Crippen LogP contribution in [-0.2, 0) is 19.6 Å². The van der Waals surface area contributed by atoms with E-state index in [4.69, 9.17) is 0 Å². The molecule has 1 aromatic rings. The van der Waals surface area contributed by atoms with E-state index >= 15 is 0 Å². The van der Waals surface area contributed by atoms with Crippen LogP contribution in [0.25, 0.3) is 0 Å². The van der Waals surface area contributed by atoms with Gasteiger partial charge in [0.25, 0.3) is 10.0 Å². The Kier molecular flexibility index (Phi) is 5.45. The molecule has 1 saturated heterocycles. The minimum Gasteiger partial charge on any atom is -0.550 e. The number of aliphatic carboxylic acids is 1. The lowest BCUT2D eigenvalue weighted by Gasteiger charge is -2.39. The fourth-order valence-corrected chi connectivity index (χ4v) is 6.20. The Labute approximate surface area is 151 Å². The molecule has 25 heavy (non-hydrogen) atoms. The average Bonchev–Trinajstić information content (AvgIpc) is 3.16. The number of amides is 1. The van der Waals surface area contributed by atoms with E-state index in [0.29, 0.717) is 30.1 Å². The second kappa shape index (κ2) is 7.43. The van der Waals surface area contributed by atoms with Gasteiger partial charge in [0.2, 0.25) is 5.91 Å². The monoisotopic (exact) mass is 385 g/mol. The Morgan fingerprint density at radius 2 is 1.72 bits per heavy atom. The molecule has 2 heterocycles. The third-order valence-corrected chi connectivity index (χ3v) is 8.30. The molecule has 2 aliphatic rings. The SMILES string of the molecule is O=C([O-])[C@@H]1CCCC[C@H]1C(=O)N1CCN(S(=O)(=O)c2cccs2)CC1. The van der Waals surface area contributed by atoms with Crippen molar-refractivity contribution in [1.29, 1.82) is 0 Å². The number of sulfonamides is 1. The van der Waals surface area contributed by atoms with Crippen LogP contribution in [0, 0.1) is 11.8 Å². The van der Waals surface area contributed by atoms with Gasteiger partial charge in [-0.15, -0.1) is 11.3 Å². The molecule has 2 atom stereocenters. The van der Waals surface area contributed by atoms with Gasteiger partial charge in [-0.25, -0.2) is 8.42 Å². The van der Waals surface area contributed by atoms with Crippen molar-refractivity contribution in [3.05, 3.63) is 17.5 Å². The molecule has 0 aromatic carbocycles. The molecule has 1 aliphatic carbocycles. The summed E-state index contributed by atoms with van der Waals surface area (Å²) in [7, 11) is -3.51. The Hall–Kier alpha value is -1.45. The van der Waals surface area contributed by atoms with Crippen molar-refractivity contribution < 1.29 is 23.1 Å². The highest BCUT2D eigenvalue weighted by molar-refractivity contribution is 7.91. The van der Waals surface area contributed by atoms with Crippen molar-refractivity contribution in [2.75, 3.05) is 26.2 Å². The minimum atomic E-state index is -3.51. The Morgan fingerprint density at radius 1 is 1.08 bits per heavy atom. The van der Waals surface area contributed by atoms with Crippen LogP contribution in [0.2, 0.25) is 0 Å². The quantitative estimate of drug-likeness (QED) is 0.734. The zero-order valence-electron chi connectivity index (χ0n) is 13.8. The first kappa shape index (κ1) is 18.3. The van der Waals surface area contributed by atoms with E-state index in [1.807, 2.05) is 0 Å². The summed E-state index contributed by atoms with van der Waals surface area (Å²) in [5.41, 5.74) is 0. The summed E-state index contributed by atoms with van der Waals surface area (Å²) in [6.07, 6.45) is 2.68. The summed E-state index contributed by atoms with van der Waals surface area (Å²) >= 11 is 1.17. The van der Waals surface area contributed by atoms with Gasteiger partial charge < -0.3 is 14.8 Å². The van der Waals surface area contributed by atoms with E-state index in [1.54, 1.807) is 22.4 Å². The van der Waals surface area contributed by atoms with Gasteiger partial charge in [0.15, 0.2) is 0 Å². The highest BCUT2D eigenvalue weighted by Gasteiger charge is 2.37. The number of carboxylic acids is 1. The molecule has 1 aliphatic heterocycles. The summed E-state index contributed by atoms with van der Waals surface area (Å²) in [5.74, 6) is -2.60. The van der Waals surface area contributed by atoms with Gasteiger partial charge >= 0.3 is 0 Å². The predicted octanol–water partition coefficient (Wildman–Crippen LogP) is 0.137. The molecule has 0 N–H and O–H groups in total. The summed E-state index contributed by atoms with van der Waals surface area (Å²) in [5, 5.41) is 13.0. The number of thiophene rings is 1. The van der Waals surface area contributed by atoms with Gasteiger partial charge in [-0.3, -0.25) is 4.79 Å². The topological polar surface area (TPSA) is 97.8 Å². The summed E-state index contributed by atoms with van der Waals surface area (Å²) in [6.45, 7) is 1.04. The van der Waals surface area contributed by atoms with Gasteiger partial charge in [-0.2, -0.15) is 4.31 Å². The van der Waals surface area contributed by atoms with Crippen LogP contribution < -0.4 is 5.11 Å². The second-order valence-electron chi connectivity index (χ2n) is 6.48. The van der Waals surface area contributed by atoms with E-state index in [2.05, 4.69) is 0 Å². The number of carbonyl (C=O) groups excluding carboxylic acids is 2. The van der Waals surface area contributed by atoms with Crippen LogP contribution >= 0.6 is 11.3 Å². The van der Waals surface area contributed by atoms with Gasteiger partial charge in [0.05, 0.1) is 0 Å². The number of hydrogen-bond donors (Lipinski definition) is 0. The van der Waals surface area contributed by atoms with Gasteiger partial charge in [-0.1, -0.05) is 18.9 Å². The van der Waals surface area contributed by atoms with Crippen LogP contribution in [-0.4, -0.2) is 55.7 Å². The minimum absolute atomic E-state index is 0.179. The Balaban J connectivity index is 1.64. The lowest BCUT2D eigenvalue weighted by Crippen LogP contribution is -2.53. The molecular formula is C16H21N2O5S2-. The Bertz CT molecular complexity index is 724. The van der Waals surface area contributed by atoms with Gasteiger partial charge in [0, 0.05) is 44.0 Å². The van der Waals surface area contributed by atoms with Crippen molar-refractivity contribution >= 4 is 33.2 Å². The van der Waals surface area contributed by atoms with Gasteiger partial charge in [-0.05, 0) is 24.3 Å². The second-order valence-corrected chi connectivity index (χ2v) is 9.59. The average molecular weight is 385 g/mol. The maximum atomic E-state index is 12.7. The molecule has 0 bridgehead atoms. The van der Waals surface area contributed by atoms with Crippen molar-refractivity contribution in [2.24, 2.45) is 11.8 Å². The zero-order chi connectivity index (χ0) is 18.0. The molecule has 7 nitrogen and oxygen atoms in total. The van der Waals surface area contributed by atoms with Crippen LogP contribution in [0.5, 0.6) is 0 Å². The van der Waals surface area contributed by atoms with Crippen LogP contribution in [0.4, 0.5) is 0 Å². The molecule has 0 radical (unpaired) electrons. The third kappa shape index (κ3) is 3.73. The number of nitrogens with zero attached hydrogens (tertiary/aromatic N) is 2. The zero-order valence-corrected chi connectivity index (χ0v) is 15.4. The smallest absolute Gasteiger partial charge is 0.252 e. The Morgan fingerprint density at radius 3 is 2.28 bits per heavy atom. The molecule has 0 unspecified atom stereocenters. The maximum absolute atomic E-state index is 12.7.